The molecule has 3 N–H and O–H groups in total. The Morgan fingerprint density at radius 2 is 0.889 bits per heavy atom. The van der Waals surface area contributed by atoms with Gasteiger partial charge in [-0.15, -0.1) is 0 Å². The van der Waals surface area contributed by atoms with Crippen LogP contribution in [-0.4, -0.2) is 33.2 Å². The average molecular weight is 486 g/mol. The fourth-order valence-electron chi connectivity index (χ4n) is 3.15. The van der Waals surface area contributed by atoms with Crippen molar-refractivity contribution in [3.8, 4) is 34.5 Å². The van der Waals surface area contributed by atoms with E-state index in [1.54, 1.807) is 0 Å². The van der Waals surface area contributed by atoms with Crippen molar-refractivity contribution >= 4 is 17.9 Å². The Balaban J connectivity index is 1.67. The molecule has 0 bridgehead atoms. The molecule has 0 aliphatic carbocycles. The fraction of sp³-hybridized carbons (Fsp3) is 0. The average Bonchev–Trinajstić information content (AvgIpc) is 2.83. The standard InChI is InChI=1S/C27H18O9/c28-17-4-1-7-20(13-17)34-25(31)16-10-11-23(26(32)35-21-8-2-5-18(29)14-21)24(12-16)27(33)36-22-9-3-6-19(30)15-22/h1-15,28-30H. The number of aromatic hydroxyl groups is 3. The van der Waals surface area contributed by atoms with Crippen molar-refractivity contribution in [3.63, 3.8) is 0 Å². The maximum absolute atomic E-state index is 13.0. The third-order valence-corrected chi connectivity index (χ3v) is 4.78. The summed E-state index contributed by atoms with van der Waals surface area (Å²) in [7, 11) is 0. The lowest BCUT2D eigenvalue weighted by molar-refractivity contribution is 0.0689. The Labute approximate surface area is 204 Å². The maximum atomic E-state index is 13.0. The minimum absolute atomic E-state index is 0.0000365. The molecule has 0 spiro atoms. The van der Waals surface area contributed by atoms with Gasteiger partial charge in [0.05, 0.1) is 16.7 Å². The lowest BCUT2D eigenvalue weighted by atomic mass is 10.0. The Morgan fingerprint density at radius 3 is 1.33 bits per heavy atom. The molecule has 36 heavy (non-hydrogen) atoms. The van der Waals surface area contributed by atoms with Gasteiger partial charge < -0.3 is 29.5 Å². The number of hydrogen-bond acceptors (Lipinski definition) is 9. The molecular formula is C27H18O9. The maximum Gasteiger partial charge on any atom is 0.344 e. The van der Waals surface area contributed by atoms with Crippen LogP contribution in [0.25, 0.3) is 0 Å². The van der Waals surface area contributed by atoms with E-state index in [4.69, 9.17) is 14.2 Å². The highest BCUT2D eigenvalue weighted by molar-refractivity contribution is 6.06. The van der Waals surface area contributed by atoms with E-state index in [0.29, 0.717) is 0 Å². The first kappa shape index (κ1) is 23.8. The van der Waals surface area contributed by atoms with Crippen LogP contribution in [-0.2, 0) is 0 Å². The number of phenols is 3. The molecular weight excluding hydrogens is 468 g/mol. The summed E-state index contributed by atoms with van der Waals surface area (Å²) in [4.78, 5) is 38.5. The minimum atomic E-state index is -1.00. The summed E-state index contributed by atoms with van der Waals surface area (Å²) in [5, 5.41) is 28.8. The number of rotatable bonds is 6. The van der Waals surface area contributed by atoms with Crippen molar-refractivity contribution in [1.82, 2.24) is 0 Å². The van der Waals surface area contributed by atoms with Crippen LogP contribution in [0, 0.1) is 0 Å². The van der Waals surface area contributed by atoms with Crippen molar-refractivity contribution in [2.45, 2.75) is 0 Å². The Morgan fingerprint density at radius 1 is 0.472 bits per heavy atom. The highest BCUT2D eigenvalue weighted by atomic mass is 16.5. The molecule has 0 unspecified atom stereocenters. The van der Waals surface area contributed by atoms with Crippen LogP contribution in [0.5, 0.6) is 34.5 Å². The van der Waals surface area contributed by atoms with E-state index in [2.05, 4.69) is 0 Å². The van der Waals surface area contributed by atoms with Gasteiger partial charge in [-0.25, -0.2) is 14.4 Å². The van der Waals surface area contributed by atoms with E-state index < -0.39 is 17.9 Å². The monoisotopic (exact) mass is 486 g/mol. The zero-order chi connectivity index (χ0) is 25.7. The quantitative estimate of drug-likeness (QED) is 0.266. The lowest BCUT2D eigenvalue weighted by Crippen LogP contribution is -2.19. The largest absolute Gasteiger partial charge is 0.508 e. The van der Waals surface area contributed by atoms with Crippen molar-refractivity contribution in [2.75, 3.05) is 0 Å². The number of benzene rings is 4. The van der Waals surface area contributed by atoms with Crippen LogP contribution in [0.3, 0.4) is 0 Å². The molecule has 0 aliphatic heterocycles. The van der Waals surface area contributed by atoms with E-state index in [1.807, 2.05) is 0 Å². The summed E-state index contributed by atoms with van der Waals surface area (Å²) >= 11 is 0. The topological polar surface area (TPSA) is 140 Å². The Bertz CT molecular complexity index is 1460. The SMILES string of the molecule is O=C(Oc1cccc(O)c1)c1ccc(C(=O)Oc2cccc(O)c2)c(C(=O)Oc2cccc(O)c2)c1. The van der Waals surface area contributed by atoms with Gasteiger partial charge in [0.1, 0.15) is 34.5 Å². The Hall–Kier alpha value is -5.31. The van der Waals surface area contributed by atoms with Gasteiger partial charge in [0.15, 0.2) is 0 Å². The lowest BCUT2D eigenvalue weighted by Gasteiger charge is -2.12. The molecule has 0 aromatic heterocycles. The third-order valence-electron chi connectivity index (χ3n) is 4.78. The molecule has 9 nitrogen and oxygen atoms in total. The van der Waals surface area contributed by atoms with Crippen LogP contribution < -0.4 is 14.2 Å². The summed E-state index contributed by atoms with van der Waals surface area (Å²) in [6.07, 6.45) is 0. The summed E-state index contributed by atoms with van der Waals surface area (Å²) < 4.78 is 15.8. The second-order valence-corrected chi connectivity index (χ2v) is 7.42. The molecule has 4 rings (SSSR count). The molecule has 0 aliphatic rings. The van der Waals surface area contributed by atoms with Crippen LogP contribution in [0.15, 0.2) is 91.0 Å². The molecule has 180 valence electrons. The van der Waals surface area contributed by atoms with Crippen LogP contribution in [0.1, 0.15) is 31.1 Å². The van der Waals surface area contributed by atoms with Gasteiger partial charge in [0.2, 0.25) is 0 Å². The first-order valence-corrected chi connectivity index (χ1v) is 10.5. The molecule has 0 amide bonds. The van der Waals surface area contributed by atoms with E-state index >= 15 is 0 Å². The first-order valence-electron chi connectivity index (χ1n) is 10.5. The molecule has 0 atom stereocenters. The van der Waals surface area contributed by atoms with Gasteiger partial charge in [0, 0.05) is 18.2 Å². The van der Waals surface area contributed by atoms with Crippen molar-refractivity contribution < 1.29 is 43.9 Å². The third kappa shape index (κ3) is 5.78. The molecule has 0 heterocycles. The predicted molar refractivity (Wildman–Crippen MR) is 126 cm³/mol. The zero-order valence-corrected chi connectivity index (χ0v) is 18.5. The highest BCUT2D eigenvalue weighted by Gasteiger charge is 2.24. The van der Waals surface area contributed by atoms with Gasteiger partial charge in [0.25, 0.3) is 0 Å². The molecule has 9 heteroatoms. The number of phenolic OH excluding ortho intramolecular Hbond substituents is 3. The van der Waals surface area contributed by atoms with Crippen molar-refractivity contribution in [2.24, 2.45) is 0 Å². The van der Waals surface area contributed by atoms with Crippen LogP contribution >= 0.6 is 0 Å². The van der Waals surface area contributed by atoms with Crippen molar-refractivity contribution in [3.05, 3.63) is 108 Å². The van der Waals surface area contributed by atoms with Gasteiger partial charge in [-0.2, -0.15) is 0 Å². The highest BCUT2D eigenvalue weighted by Crippen LogP contribution is 2.24. The van der Waals surface area contributed by atoms with Crippen LogP contribution in [0.4, 0.5) is 0 Å². The minimum Gasteiger partial charge on any atom is -0.508 e. The molecule has 0 radical (unpaired) electrons. The number of hydrogen-bond donors (Lipinski definition) is 3. The normalized spacial score (nSPS) is 10.3. The molecule has 4 aromatic carbocycles. The second-order valence-electron chi connectivity index (χ2n) is 7.42. The molecule has 0 saturated heterocycles. The summed E-state index contributed by atoms with van der Waals surface area (Å²) in [5.41, 5.74) is -0.624. The van der Waals surface area contributed by atoms with E-state index in [9.17, 15) is 29.7 Å². The Kier molecular flexibility index (Phi) is 6.83. The van der Waals surface area contributed by atoms with Gasteiger partial charge in [-0.1, -0.05) is 18.2 Å². The van der Waals surface area contributed by atoms with Crippen molar-refractivity contribution in [1.29, 1.82) is 0 Å². The molecule has 0 saturated carbocycles. The smallest absolute Gasteiger partial charge is 0.344 e. The van der Waals surface area contributed by atoms with Gasteiger partial charge in [-0.05, 0) is 54.6 Å². The van der Waals surface area contributed by atoms with E-state index in [1.165, 1.54) is 84.9 Å². The molecule has 4 aromatic rings. The fourth-order valence-corrected chi connectivity index (χ4v) is 3.15. The van der Waals surface area contributed by atoms with Gasteiger partial charge >= 0.3 is 17.9 Å². The van der Waals surface area contributed by atoms with Gasteiger partial charge in [-0.3, -0.25) is 0 Å². The number of ether oxygens (including phenoxy) is 3. The number of esters is 3. The predicted octanol–water partition coefficient (Wildman–Crippen LogP) is 4.46. The van der Waals surface area contributed by atoms with E-state index in [0.717, 1.165) is 6.07 Å². The zero-order valence-electron chi connectivity index (χ0n) is 18.5. The first-order chi connectivity index (χ1) is 17.3. The molecule has 0 fully saturated rings. The summed E-state index contributed by atoms with van der Waals surface area (Å²) in [6, 6.07) is 20.1. The van der Waals surface area contributed by atoms with E-state index in [-0.39, 0.29) is 51.2 Å². The summed E-state index contributed by atoms with van der Waals surface area (Å²) in [6.45, 7) is 0. The number of carbonyl (C=O) groups excluding carboxylic acids is 3. The second kappa shape index (κ2) is 10.3. The number of carbonyl (C=O) groups is 3. The van der Waals surface area contributed by atoms with Crippen LogP contribution in [0.2, 0.25) is 0 Å². The summed E-state index contributed by atoms with van der Waals surface area (Å²) in [5.74, 6) is -3.11.